The Balaban J connectivity index is 1.79. The monoisotopic (exact) mass is 458 g/mol. The third kappa shape index (κ3) is 3.68. The minimum Gasteiger partial charge on any atom is -0.504 e. The smallest absolute Gasteiger partial charge is 0.222 e. The zero-order valence-corrected chi connectivity index (χ0v) is 18.6. The standard InChI is InChI=1S/C25H23FN6O2/c1-28-19-5-3-16(13-18(19)26)23-22(15-4-6-20(33)21(14-15)34-2)24-29-9-12-32(24)25(30-23)31-10-7-17(27)8-11-31/h3-6,9,12-14,17,33H,7-8,10-11,27H2,2H3. The number of halogens is 1. The molecule has 1 fully saturated rings. The van der Waals surface area contributed by atoms with Gasteiger partial charge in [0.05, 0.1) is 24.9 Å². The van der Waals surface area contributed by atoms with Gasteiger partial charge in [0.25, 0.3) is 0 Å². The average Bonchev–Trinajstić information content (AvgIpc) is 3.34. The molecule has 3 heterocycles. The molecular weight excluding hydrogens is 435 g/mol. The number of aromatic nitrogens is 3. The van der Waals surface area contributed by atoms with Crippen molar-refractivity contribution in [1.82, 2.24) is 14.4 Å². The zero-order chi connectivity index (χ0) is 23.8. The lowest BCUT2D eigenvalue weighted by molar-refractivity contribution is 0.373. The van der Waals surface area contributed by atoms with Gasteiger partial charge in [0, 0.05) is 37.1 Å². The molecule has 0 aliphatic carbocycles. The normalized spacial score (nSPS) is 14.4. The second-order valence-electron chi connectivity index (χ2n) is 8.25. The lowest BCUT2D eigenvalue weighted by atomic mass is 9.99. The van der Waals surface area contributed by atoms with Crippen LogP contribution >= 0.6 is 0 Å². The number of anilines is 1. The SMILES string of the molecule is [C-]#[N+]c1ccc(-c2nc(N3CCC(N)CC3)n3ccnc3c2-c2ccc(O)c(OC)c2)cc1F. The number of fused-ring (bicyclic) bond motifs is 1. The van der Waals surface area contributed by atoms with E-state index < -0.39 is 5.82 Å². The summed E-state index contributed by atoms with van der Waals surface area (Å²) in [6.45, 7) is 8.67. The number of hydrogen-bond donors (Lipinski definition) is 2. The van der Waals surface area contributed by atoms with E-state index in [2.05, 4.69) is 14.7 Å². The van der Waals surface area contributed by atoms with Crippen LogP contribution in [0.1, 0.15) is 12.8 Å². The largest absolute Gasteiger partial charge is 0.504 e. The van der Waals surface area contributed by atoms with E-state index in [9.17, 15) is 9.50 Å². The summed E-state index contributed by atoms with van der Waals surface area (Å²) in [5, 5.41) is 10.1. The zero-order valence-electron chi connectivity index (χ0n) is 18.6. The molecule has 1 saturated heterocycles. The predicted octanol–water partition coefficient (Wildman–Crippen LogP) is 4.39. The lowest BCUT2D eigenvalue weighted by Crippen LogP contribution is -2.40. The van der Waals surface area contributed by atoms with Crippen molar-refractivity contribution < 1.29 is 14.2 Å². The number of phenols is 1. The number of hydrogen-bond acceptors (Lipinski definition) is 6. The molecule has 172 valence electrons. The van der Waals surface area contributed by atoms with Crippen molar-refractivity contribution in [2.45, 2.75) is 18.9 Å². The first kappa shape index (κ1) is 21.7. The lowest BCUT2D eigenvalue weighted by Gasteiger charge is -2.32. The van der Waals surface area contributed by atoms with E-state index in [0.29, 0.717) is 39.7 Å². The molecule has 0 atom stereocenters. The average molecular weight is 458 g/mol. The number of rotatable bonds is 4. The Labute approximate surface area is 195 Å². The summed E-state index contributed by atoms with van der Waals surface area (Å²) in [7, 11) is 1.48. The molecule has 3 N–H and O–H groups in total. The Morgan fingerprint density at radius 3 is 2.65 bits per heavy atom. The number of nitrogens with two attached hydrogens (primary N) is 1. The predicted molar refractivity (Wildman–Crippen MR) is 128 cm³/mol. The molecule has 0 amide bonds. The van der Waals surface area contributed by atoms with Crippen LogP contribution in [0, 0.1) is 12.4 Å². The Bertz CT molecular complexity index is 1420. The van der Waals surface area contributed by atoms with Gasteiger partial charge in [0.2, 0.25) is 11.6 Å². The van der Waals surface area contributed by atoms with Crippen LogP contribution in [0.5, 0.6) is 11.5 Å². The van der Waals surface area contributed by atoms with E-state index in [0.717, 1.165) is 25.9 Å². The number of methoxy groups -OCH3 is 1. The van der Waals surface area contributed by atoms with E-state index in [1.807, 2.05) is 10.6 Å². The van der Waals surface area contributed by atoms with Crippen LogP contribution in [0.2, 0.25) is 0 Å². The van der Waals surface area contributed by atoms with Crippen LogP contribution in [0.3, 0.4) is 0 Å². The molecule has 0 bridgehead atoms. The molecule has 0 saturated carbocycles. The highest BCUT2D eigenvalue weighted by molar-refractivity contribution is 5.92. The van der Waals surface area contributed by atoms with Crippen LogP contribution in [-0.4, -0.2) is 45.7 Å². The van der Waals surface area contributed by atoms with Crippen molar-refractivity contribution >= 4 is 17.3 Å². The first-order valence-corrected chi connectivity index (χ1v) is 10.9. The number of ether oxygens (including phenoxy) is 1. The minimum atomic E-state index is -0.614. The van der Waals surface area contributed by atoms with E-state index >= 15 is 0 Å². The number of aromatic hydroxyl groups is 1. The van der Waals surface area contributed by atoms with Crippen molar-refractivity contribution in [2.75, 3.05) is 25.1 Å². The summed E-state index contributed by atoms with van der Waals surface area (Å²) in [4.78, 5) is 15.0. The van der Waals surface area contributed by atoms with Crippen molar-refractivity contribution in [3.05, 3.63) is 66.0 Å². The fourth-order valence-corrected chi connectivity index (χ4v) is 4.34. The van der Waals surface area contributed by atoms with E-state index in [1.54, 1.807) is 30.5 Å². The summed E-state index contributed by atoms with van der Waals surface area (Å²) in [6.07, 6.45) is 5.24. The molecule has 1 aliphatic rings. The van der Waals surface area contributed by atoms with Gasteiger partial charge in [0.15, 0.2) is 11.5 Å². The second kappa shape index (κ2) is 8.65. The molecule has 4 aromatic rings. The maximum Gasteiger partial charge on any atom is 0.222 e. The van der Waals surface area contributed by atoms with Crippen molar-refractivity contribution in [3.8, 4) is 33.9 Å². The first-order valence-electron chi connectivity index (χ1n) is 10.9. The third-order valence-corrected chi connectivity index (χ3v) is 6.16. The Morgan fingerprint density at radius 1 is 1.18 bits per heavy atom. The van der Waals surface area contributed by atoms with Gasteiger partial charge in [0.1, 0.15) is 11.5 Å². The third-order valence-electron chi connectivity index (χ3n) is 6.16. The molecule has 5 rings (SSSR count). The fraction of sp³-hybridized carbons (Fsp3) is 0.240. The molecule has 0 spiro atoms. The summed E-state index contributed by atoms with van der Waals surface area (Å²) in [5.74, 6) is 0.390. The van der Waals surface area contributed by atoms with Crippen LogP contribution in [0.15, 0.2) is 48.8 Å². The molecule has 1 aliphatic heterocycles. The Hall–Kier alpha value is -4.16. The van der Waals surface area contributed by atoms with Gasteiger partial charge in [-0.1, -0.05) is 18.2 Å². The van der Waals surface area contributed by atoms with Gasteiger partial charge < -0.3 is 20.5 Å². The van der Waals surface area contributed by atoms with Crippen LogP contribution in [-0.2, 0) is 0 Å². The van der Waals surface area contributed by atoms with Gasteiger partial charge >= 0.3 is 0 Å². The topological polar surface area (TPSA) is 93.3 Å². The molecule has 2 aromatic carbocycles. The quantitative estimate of drug-likeness (QED) is 0.441. The van der Waals surface area contributed by atoms with Crippen LogP contribution in [0.25, 0.3) is 32.9 Å². The first-order chi connectivity index (χ1) is 16.5. The van der Waals surface area contributed by atoms with E-state index in [-0.39, 0.29) is 17.5 Å². The highest BCUT2D eigenvalue weighted by atomic mass is 19.1. The van der Waals surface area contributed by atoms with Gasteiger partial charge in [-0.05, 0) is 36.6 Å². The summed E-state index contributed by atoms with van der Waals surface area (Å²) in [6, 6.07) is 9.62. The molecular formula is C25H23FN6O2. The van der Waals surface area contributed by atoms with Crippen molar-refractivity contribution in [3.63, 3.8) is 0 Å². The van der Waals surface area contributed by atoms with Gasteiger partial charge in [-0.3, -0.25) is 4.40 Å². The van der Waals surface area contributed by atoms with Gasteiger partial charge in [-0.2, -0.15) is 0 Å². The van der Waals surface area contributed by atoms with E-state index in [4.69, 9.17) is 22.0 Å². The number of imidazole rings is 1. The number of benzene rings is 2. The summed E-state index contributed by atoms with van der Waals surface area (Å²) < 4.78 is 21.9. The van der Waals surface area contributed by atoms with Gasteiger partial charge in [-0.25, -0.2) is 19.2 Å². The molecule has 8 nitrogen and oxygen atoms in total. The van der Waals surface area contributed by atoms with Crippen molar-refractivity contribution in [2.24, 2.45) is 5.73 Å². The highest BCUT2D eigenvalue weighted by Crippen LogP contribution is 2.40. The highest BCUT2D eigenvalue weighted by Gasteiger charge is 2.25. The van der Waals surface area contributed by atoms with Crippen LogP contribution in [0.4, 0.5) is 16.0 Å². The Morgan fingerprint density at radius 2 is 1.94 bits per heavy atom. The molecule has 9 heteroatoms. The number of piperidine rings is 1. The second-order valence-corrected chi connectivity index (χ2v) is 8.25. The van der Waals surface area contributed by atoms with Crippen LogP contribution < -0.4 is 15.4 Å². The summed E-state index contributed by atoms with van der Waals surface area (Å²) >= 11 is 0. The van der Waals surface area contributed by atoms with E-state index in [1.165, 1.54) is 19.2 Å². The molecule has 2 aromatic heterocycles. The van der Waals surface area contributed by atoms with Gasteiger partial charge in [-0.15, -0.1) is 0 Å². The number of nitrogens with zero attached hydrogens (tertiary/aromatic N) is 5. The fourth-order valence-electron chi connectivity index (χ4n) is 4.34. The maximum absolute atomic E-state index is 14.7. The minimum absolute atomic E-state index is 0.00820. The maximum atomic E-state index is 14.7. The Kier molecular flexibility index (Phi) is 5.51. The molecule has 0 radical (unpaired) electrons. The van der Waals surface area contributed by atoms with Crippen molar-refractivity contribution in [1.29, 1.82) is 0 Å². The molecule has 0 unspecified atom stereocenters. The number of phenolic OH excluding ortho intramolecular Hbond substituents is 1. The summed E-state index contributed by atoms with van der Waals surface area (Å²) in [5.41, 5.74) is 9.10. The molecule has 34 heavy (non-hydrogen) atoms.